The number of benzene rings is 6. The number of nitrogens with zero attached hydrogens (tertiary/aromatic N) is 1. The van der Waals surface area contributed by atoms with Gasteiger partial charge in [-0.2, -0.15) is 0 Å². The summed E-state index contributed by atoms with van der Waals surface area (Å²) in [7, 11) is 0. The molecule has 0 N–H and O–H groups in total. The molecule has 0 aliphatic rings. The van der Waals surface area contributed by atoms with Crippen LogP contribution in [0, 0.1) is 6.92 Å². The summed E-state index contributed by atoms with van der Waals surface area (Å²) in [5.74, 6) is 0. The monoisotopic (exact) mass is 445 g/mol. The first-order chi connectivity index (χ1) is 17.3. The van der Waals surface area contributed by atoms with Gasteiger partial charge < -0.3 is 0 Å². The molecule has 1 aromatic heterocycles. The number of pyridine rings is 1. The van der Waals surface area contributed by atoms with E-state index in [1.807, 2.05) is 18.5 Å². The van der Waals surface area contributed by atoms with Crippen molar-refractivity contribution in [2.75, 3.05) is 0 Å². The van der Waals surface area contributed by atoms with Crippen molar-refractivity contribution < 1.29 is 0 Å². The molecule has 6 aromatic carbocycles. The quantitative estimate of drug-likeness (QED) is 0.247. The Bertz CT molecular complexity index is 1810. The topological polar surface area (TPSA) is 12.9 Å². The second-order valence-electron chi connectivity index (χ2n) is 9.34. The maximum absolute atomic E-state index is 4.28. The van der Waals surface area contributed by atoms with E-state index in [4.69, 9.17) is 0 Å². The van der Waals surface area contributed by atoms with Crippen LogP contribution in [-0.2, 0) is 0 Å². The van der Waals surface area contributed by atoms with Crippen LogP contribution in [0.25, 0.3) is 65.7 Å². The van der Waals surface area contributed by atoms with Crippen LogP contribution in [0.3, 0.4) is 0 Å². The molecule has 1 heterocycles. The molecule has 0 unspecified atom stereocenters. The summed E-state index contributed by atoms with van der Waals surface area (Å²) < 4.78 is 0. The third-order valence-electron chi connectivity index (χ3n) is 7.17. The minimum Gasteiger partial charge on any atom is -0.264 e. The molecule has 164 valence electrons. The zero-order chi connectivity index (χ0) is 23.4. The maximum Gasteiger partial charge on any atom is 0.0346 e. The molecular formula is C34H23N. The van der Waals surface area contributed by atoms with Crippen LogP contribution in [-0.4, -0.2) is 4.98 Å². The SMILES string of the molecule is Cc1cccc(-c2cc(-c3ccc(-c4cccnc4)cc3)c3ccc4cccc5ccc2c3c45)c1. The molecule has 0 radical (unpaired) electrons. The Kier molecular flexibility index (Phi) is 4.43. The fraction of sp³-hybridized carbons (Fsp3) is 0.0294. The van der Waals surface area contributed by atoms with Crippen LogP contribution < -0.4 is 0 Å². The van der Waals surface area contributed by atoms with Gasteiger partial charge in [-0.05, 0) is 84.8 Å². The van der Waals surface area contributed by atoms with Crippen LogP contribution in [0.15, 0.2) is 122 Å². The van der Waals surface area contributed by atoms with Crippen molar-refractivity contribution in [3.05, 3.63) is 127 Å². The molecule has 1 heteroatoms. The lowest BCUT2D eigenvalue weighted by Gasteiger charge is -2.18. The third kappa shape index (κ3) is 3.20. The lowest BCUT2D eigenvalue weighted by molar-refractivity contribution is 1.33. The molecule has 0 bridgehead atoms. The zero-order valence-corrected chi connectivity index (χ0v) is 19.5. The van der Waals surface area contributed by atoms with Gasteiger partial charge in [-0.1, -0.05) is 103 Å². The minimum atomic E-state index is 1.13. The number of hydrogen-bond donors (Lipinski definition) is 0. The Labute approximate surface area is 204 Å². The van der Waals surface area contributed by atoms with Crippen molar-refractivity contribution in [1.29, 1.82) is 0 Å². The van der Waals surface area contributed by atoms with E-state index in [1.165, 1.54) is 65.7 Å². The number of aromatic nitrogens is 1. The smallest absolute Gasteiger partial charge is 0.0346 e. The van der Waals surface area contributed by atoms with Gasteiger partial charge in [0.1, 0.15) is 0 Å². The van der Waals surface area contributed by atoms with Crippen LogP contribution in [0.2, 0.25) is 0 Å². The number of rotatable bonds is 3. The van der Waals surface area contributed by atoms with Crippen molar-refractivity contribution in [3.8, 4) is 33.4 Å². The highest BCUT2D eigenvalue weighted by atomic mass is 14.6. The van der Waals surface area contributed by atoms with E-state index in [0.717, 1.165) is 5.56 Å². The Morgan fingerprint density at radius 1 is 0.486 bits per heavy atom. The van der Waals surface area contributed by atoms with Crippen molar-refractivity contribution >= 4 is 32.3 Å². The molecule has 7 aromatic rings. The van der Waals surface area contributed by atoms with E-state index in [9.17, 15) is 0 Å². The predicted octanol–water partition coefficient (Wildman–Crippen LogP) is 9.29. The van der Waals surface area contributed by atoms with Crippen molar-refractivity contribution in [1.82, 2.24) is 4.98 Å². The average molecular weight is 446 g/mol. The summed E-state index contributed by atoms with van der Waals surface area (Å²) in [6.07, 6.45) is 3.73. The Morgan fingerprint density at radius 2 is 1.14 bits per heavy atom. The number of aryl methyl sites for hydroxylation is 1. The fourth-order valence-corrected chi connectivity index (χ4v) is 5.50. The minimum absolute atomic E-state index is 1.13. The maximum atomic E-state index is 4.28. The molecule has 0 aliphatic heterocycles. The molecule has 35 heavy (non-hydrogen) atoms. The molecule has 0 saturated carbocycles. The van der Waals surface area contributed by atoms with E-state index >= 15 is 0 Å². The lowest BCUT2D eigenvalue weighted by Crippen LogP contribution is -1.91. The van der Waals surface area contributed by atoms with Gasteiger partial charge in [0, 0.05) is 12.4 Å². The lowest BCUT2D eigenvalue weighted by atomic mass is 9.85. The molecule has 0 fully saturated rings. The molecule has 1 nitrogen and oxygen atoms in total. The second-order valence-corrected chi connectivity index (χ2v) is 9.34. The highest BCUT2D eigenvalue weighted by Crippen LogP contribution is 2.44. The second kappa shape index (κ2) is 7.78. The molecule has 0 amide bonds. The van der Waals surface area contributed by atoms with Gasteiger partial charge >= 0.3 is 0 Å². The number of hydrogen-bond acceptors (Lipinski definition) is 1. The van der Waals surface area contributed by atoms with Crippen molar-refractivity contribution in [2.24, 2.45) is 0 Å². The van der Waals surface area contributed by atoms with E-state index in [2.05, 4.69) is 115 Å². The molecule has 0 atom stereocenters. The molecule has 0 saturated heterocycles. The summed E-state index contributed by atoms with van der Waals surface area (Å²) in [6.45, 7) is 2.16. The summed E-state index contributed by atoms with van der Waals surface area (Å²) >= 11 is 0. The van der Waals surface area contributed by atoms with Crippen molar-refractivity contribution in [2.45, 2.75) is 6.92 Å². The summed E-state index contributed by atoms with van der Waals surface area (Å²) in [4.78, 5) is 4.28. The highest BCUT2D eigenvalue weighted by molar-refractivity contribution is 6.28. The molecular weight excluding hydrogens is 422 g/mol. The van der Waals surface area contributed by atoms with Crippen LogP contribution >= 0.6 is 0 Å². The summed E-state index contributed by atoms with van der Waals surface area (Å²) in [6, 6.07) is 40.0. The van der Waals surface area contributed by atoms with Gasteiger partial charge in [-0.25, -0.2) is 0 Å². The van der Waals surface area contributed by atoms with Gasteiger partial charge in [-0.15, -0.1) is 0 Å². The standard InChI is InChI=1S/C34H23N/c1-22-5-2-8-27(19-22)32-20-31(24-12-10-23(11-13-24)28-9-4-18-35-21-28)29-16-14-25-6-3-7-26-15-17-30(32)34(29)33(25)26/h2-21H,1H3. The normalized spacial score (nSPS) is 11.6. The van der Waals surface area contributed by atoms with Gasteiger partial charge in [0.05, 0.1) is 0 Å². The highest BCUT2D eigenvalue weighted by Gasteiger charge is 2.16. The van der Waals surface area contributed by atoms with Crippen LogP contribution in [0.4, 0.5) is 0 Å². The first-order valence-electron chi connectivity index (χ1n) is 12.0. The zero-order valence-electron chi connectivity index (χ0n) is 19.5. The summed E-state index contributed by atoms with van der Waals surface area (Å²) in [5, 5.41) is 7.90. The van der Waals surface area contributed by atoms with Gasteiger partial charge in [0.15, 0.2) is 0 Å². The van der Waals surface area contributed by atoms with E-state index in [1.54, 1.807) is 0 Å². The summed E-state index contributed by atoms with van der Waals surface area (Å²) in [5.41, 5.74) is 8.63. The fourth-order valence-electron chi connectivity index (χ4n) is 5.50. The third-order valence-corrected chi connectivity index (χ3v) is 7.17. The van der Waals surface area contributed by atoms with Gasteiger partial charge in [-0.3, -0.25) is 4.98 Å². The van der Waals surface area contributed by atoms with Gasteiger partial charge in [0.25, 0.3) is 0 Å². The molecule has 7 rings (SSSR count). The van der Waals surface area contributed by atoms with E-state index < -0.39 is 0 Å². The Hall–Kier alpha value is -4.49. The van der Waals surface area contributed by atoms with Gasteiger partial charge in [0.2, 0.25) is 0 Å². The molecule has 0 aliphatic carbocycles. The van der Waals surface area contributed by atoms with Crippen LogP contribution in [0.5, 0.6) is 0 Å². The Balaban J connectivity index is 1.54. The predicted molar refractivity (Wildman–Crippen MR) is 149 cm³/mol. The first-order valence-corrected chi connectivity index (χ1v) is 12.0. The van der Waals surface area contributed by atoms with Crippen LogP contribution in [0.1, 0.15) is 5.56 Å². The van der Waals surface area contributed by atoms with E-state index in [0.29, 0.717) is 0 Å². The van der Waals surface area contributed by atoms with E-state index in [-0.39, 0.29) is 0 Å². The van der Waals surface area contributed by atoms with Crippen molar-refractivity contribution in [3.63, 3.8) is 0 Å². The molecule has 0 spiro atoms. The average Bonchev–Trinajstić information content (AvgIpc) is 2.92. The Morgan fingerprint density at radius 3 is 1.83 bits per heavy atom. The first kappa shape index (κ1) is 19.9. The largest absolute Gasteiger partial charge is 0.264 e.